The molecule has 0 aromatic rings. The van der Waals surface area contributed by atoms with E-state index in [-0.39, 0.29) is 11.8 Å². The number of nitrogens with one attached hydrogen (secondary N) is 1. The fraction of sp³-hybridized carbons (Fsp3) is 1.00. The van der Waals surface area contributed by atoms with E-state index in [9.17, 15) is 8.42 Å². The van der Waals surface area contributed by atoms with Gasteiger partial charge in [0.25, 0.3) is 0 Å². The zero-order valence-electron chi connectivity index (χ0n) is 9.98. The van der Waals surface area contributed by atoms with Crippen LogP contribution in [0.2, 0.25) is 0 Å². The van der Waals surface area contributed by atoms with Crippen molar-refractivity contribution in [1.82, 2.24) is 9.62 Å². The number of fused-ring (bicyclic) bond motifs is 1. The van der Waals surface area contributed by atoms with Crippen molar-refractivity contribution in [2.75, 3.05) is 18.8 Å². The summed E-state index contributed by atoms with van der Waals surface area (Å²) in [5.74, 6) is 0.260. The molecule has 2 aliphatic rings. The van der Waals surface area contributed by atoms with E-state index in [2.05, 4.69) is 9.62 Å². The number of piperidine rings is 1. The highest BCUT2D eigenvalue weighted by Gasteiger charge is 2.37. The van der Waals surface area contributed by atoms with E-state index in [0.29, 0.717) is 12.5 Å². The predicted octanol–water partition coefficient (Wildman–Crippen LogP) is 0.943. The molecule has 0 aliphatic carbocycles. The molecule has 16 heavy (non-hydrogen) atoms. The van der Waals surface area contributed by atoms with Crippen LogP contribution in [0.5, 0.6) is 0 Å². The lowest BCUT2D eigenvalue weighted by Gasteiger charge is -2.32. The number of rotatable bonds is 4. The lowest BCUT2D eigenvalue weighted by Crippen LogP contribution is -2.47. The van der Waals surface area contributed by atoms with Crippen LogP contribution in [0.25, 0.3) is 0 Å². The Morgan fingerprint density at radius 2 is 2.06 bits per heavy atom. The number of sulfonamides is 1. The van der Waals surface area contributed by atoms with Crippen LogP contribution in [0.15, 0.2) is 0 Å². The second-order valence-corrected chi connectivity index (χ2v) is 6.80. The van der Waals surface area contributed by atoms with Crippen molar-refractivity contribution < 1.29 is 8.42 Å². The van der Waals surface area contributed by atoms with E-state index in [4.69, 9.17) is 0 Å². The second kappa shape index (κ2) is 5.02. The van der Waals surface area contributed by atoms with E-state index in [1.165, 1.54) is 12.8 Å². The third kappa shape index (κ3) is 2.76. The Labute approximate surface area is 98.4 Å². The lowest BCUT2D eigenvalue weighted by molar-refractivity contribution is 0.186. The first-order chi connectivity index (χ1) is 7.62. The third-order valence-electron chi connectivity index (χ3n) is 3.66. The molecule has 1 N–H and O–H groups in total. The molecule has 0 radical (unpaired) electrons. The molecule has 0 bridgehead atoms. The summed E-state index contributed by atoms with van der Waals surface area (Å²) in [4.78, 5) is 2.45. The molecular formula is C11H22N2O2S. The maximum absolute atomic E-state index is 11.7. The van der Waals surface area contributed by atoms with Crippen molar-refractivity contribution in [3.05, 3.63) is 0 Å². The molecule has 94 valence electrons. The fourth-order valence-corrected chi connectivity index (χ4v) is 4.33. The Balaban J connectivity index is 1.95. The van der Waals surface area contributed by atoms with Crippen molar-refractivity contribution >= 4 is 10.0 Å². The SMILES string of the molecule is CCCS(=O)(=O)NC1CCN2CCCCC12. The summed E-state index contributed by atoms with van der Waals surface area (Å²) in [6, 6.07) is 0.622. The number of hydrogen-bond donors (Lipinski definition) is 1. The van der Waals surface area contributed by atoms with Crippen LogP contribution in [0, 0.1) is 0 Å². The van der Waals surface area contributed by atoms with Gasteiger partial charge in [0, 0.05) is 18.6 Å². The van der Waals surface area contributed by atoms with Crippen LogP contribution < -0.4 is 4.72 Å². The third-order valence-corrected chi connectivity index (χ3v) is 5.27. The maximum Gasteiger partial charge on any atom is 0.211 e. The minimum absolute atomic E-state index is 0.164. The van der Waals surface area contributed by atoms with E-state index in [1.54, 1.807) is 0 Å². The van der Waals surface area contributed by atoms with Crippen LogP contribution in [-0.2, 0) is 10.0 Å². The van der Waals surface area contributed by atoms with Crippen LogP contribution in [0.1, 0.15) is 39.0 Å². The van der Waals surface area contributed by atoms with Gasteiger partial charge in [0.1, 0.15) is 0 Å². The highest BCUT2D eigenvalue weighted by molar-refractivity contribution is 7.89. The molecule has 2 atom stereocenters. The minimum atomic E-state index is -3.04. The molecule has 2 saturated heterocycles. The molecule has 2 heterocycles. The first kappa shape index (κ1) is 12.3. The first-order valence-electron chi connectivity index (χ1n) is 6.36. The summed E-state index contributed by atoms with van der Waals surface area (Å²) in [6.45, 7) is 4.11. The largest absolute Gasteiger partial charge is 0.299 e. The maximum atomic E-state index is 11.7. The smallest absolute Gasteiger partial charge is 0.211 e. The van der Waals surface area contributed by atoms with E-state index in [0.717, 1.165) is 25.9 Å². The van der Waals surface area contributed by atoms with Crippen molar-refractivity contribution in [2.45, 2.75) is 51.1 Å². The van der Waals surface area contributed by atoms with Gasteiger partial charge in [-0.15, -0.1) is 0 Å². The van der Waals surface area contributed by atoms with E-state index >= 15 is 0 Å². The zero-order valence-corrected chi connectivity index (χ0v) is 10.8. The lowest BCUT2D eigenvalue weighted by atomic mass is 10.00. The second-order valence-electron chi connectivity index (χ2n) is 4.93. The molecule has 4 nitrogen and oxygen atoms in total. The van der Waals surface area contributed by atoms with Gasteiger partial charge >= 0.3 is 0 Å². The Kier molecular flexibility index (Phi) is 3.87. The molecule has 2 aliphatic heterocycles. The molecule has 0 aromatic carbocycles. The Hall–Kier alpha value is -0.130. The average molecular weight is 246 g/mol. The van der Waals surface area contributed by atoms with Gasteiger partial charge in [0.15, 0.2) is 0 Å². The molecule has 2 fully saturated rings. The van der Waals surface area contributed by atoms with Crippen LogP contribution in [0.3, 0.4) is 0 Å². The highest BCUT2D eigenvalue weighted by atomic mass is 32.2. The normalized spacial score (nSPS) is 31.6. The summed E-state index contributed by atoms with van der Waals surface area (Å²) < 4.78 is 26.3. The van der Waals surface area contributed by atoms with Gasteiger partial charge in [0.2, 0.25) is 10.0 Å². The van der Waals surface area contributed by atoms with Crippen molar-refractivity contribution in [3.63, 3.8) is 0 Å². The van der Waals surface area contributed by atoms with Crippen LogP contribution in [0.4, 0.5) is 0 Å². The molecular weight excluding hydrogens is 224 g/mol. The number of nitrogens with zero attached hydrogens (tertiary/aromatic N) is 1. The van der Waals surface area contributed by atoms with Gasteiger partial charge in [-0.25, -0.2) is 13.1 Å². The quantitative estimate of drug-likeness (QED) is 0.803. The van der Waals surface area contributed by atoms with Gasteiger partial charge in [-0.1, -0.05) is 13.3 Å². The molecule has 2 rings (SSSR count). The van der Waals surface area contributed by atoms with E-state index < -0.39 is 10.0 Å². The molecule has 5 heteroatoms. The topological polar surface area (TPSA) is 49.4 Å². The Morgan fingerprint density at radius 3 is 2.81 bits per heavy atom. The summed E-state index contributed by atoms with van der Waals surface area (Å²) >= 11 is 0. The summed E-state index contributed by atoms with van der Waals surface area (Å²) in [7, 11) is -3.04. The monoisotopic (exact) mass is 246 g/mol. The zero-order chi connectivity index (χ0) is 11.6. The van der Waals surface area contributed by atoms with Crippen LogP contribution >= 0.6 is 0 Å². The van der Waals surface area contributed by atoms with Crippen molar-refractivity contribution in [1.29, 1.82) is 0 Å². The van der Waals surface area contributed by atoms with Crippen LogP contribution in [-0.4, -0.2) is 44.2 Å². The highest BCUT2D eigenvalue weighted by Crippen LogP contribution is 2.27. The van der Waals surface area contributed by atoms with Gasteiger partial charge < -0.3 is 0 Å². The Bertz CT molecular complexity index is 329. The minimum Gasteiger partial charge on any atom is -0.299 e. The van der Waals surface area contributed by atoms with Gasteiger partial charge in [-0.05, 0) is 32.2 Å². The molecule has 0 amide bonds. The van der Waals surface area contributed by atoms with Gasteiger partial charge in [0.05, 0.1) is 5.75 Å². The standard InChI is InChI=1S/C11H22N2O2S/c1-2-9-16(14,15)12-10-6-8-13-7-4-3-5-11(10)13/h10-12H,2-9H2,1H3. The first-order valence-corrected chi connectivity index (χ1v) is 8.01. The summed E-state index contributed by atoms with van der Waals surface area (Å²) in [5.41, 5.74) is 0. The van der Waals surface area contributed by atoms with Gasteiger partial charge in [-0.2, -0.15) is 0 Å². The summed E-state index contributed by atoms with van der Waals surface area (Å²) in [6.07, 6.45) is 5.33. The predicted molar refractivity (Wildman–Crippen MR) is 64.8 cm³/mol. The van der Waals surface area contributed by atoms with E-state index in [1.807, 2.05) is 6.92 Å². The molecule has 0 saturated carbocycles. The van der Waals surface area contributed by atoms with Crippen molar-refractivity contribution in [3.8, 4) is 0 Å². The fourth-order valence-electron chi connectivity index (χ4n) is 2.94. The summed E-state index contributed by atoms with van der Waals surface area (Å²) in [5, 5.41) is 0. The molecule has 0 aromatic heterocycles. The van der Waals surface area contributed by atoms with Crippen molar-refractivity contribution in [2.24, 2.45) is 0 Å². The Morgan fingerprint density at radius 1 is 1.25 bits per heavy atom. The average Bonchev–Trinajstić information content (AvgIpc) is 2.61. The van der Waals surface area contributed by atoms with Gasteiger partial charge in [-0.3, -0.25) is 4.90 Å². The number of hydrogen-bond acceptors (Lipinski definition) is 3. The molecule has 0 spiro atoms. The molecule has 2 unspecified atom stereocenters.